The Morgan fingerprint density at radius 2 is 1.79 bits per heavy atom. The lowest BCUT2D eigenvalue weighted by atomic mass is 10.3. The monoisotopic (exact) mass is 410 g/mol. The molecule has 0 aliphatic heterocycles. The minimum absolute atomic E-state index is 0.00195. The van der Waals surface area contributed by atoms with E-state index in [2.05, 4.69) is 5.32 Å². The van der Waals surface area contributed by atoms with Gasteiger partial charge in [-0.15, -0.1) is 0 Å². The first-order chi connectivity index (χ1) is 14.1. The van der Waals surface area contributed by atoms with E-state index in [0.717, 1.165) is 9.79 Å². The van der Waals surface area contributed by atoms with Gasteiger partial charge in [-0.25, -0.2) is 0 Å². The maximum Gasteiger partial charge on any atom is 0.314 e. The Hall–Kier alpha value is -3.52. The van der Waals surface area contributed by atoms with Gasteiger partial charge in [0.2, 0.25) is 0 Å². The standard InChI is InChI=1S/C21H18N2O5S/c1-27-15-11-12-19(18(13-15)23(25)26)28-14-21(24)22-17-9-5-6-10-20(17)29-16-7-3-2-4-8-16/h2-13H,14H2,1H3,(H,22,24). The van der Waals surface area contributed by atoms with Crippen LogP contribution in [0.3, 0.4) is 0 Å². The number of carbonyl (C=O) groups excluding carboxylic acids is 1. The van der Waals surface area contributed by atoms with Gasteiger partial charge in [0.1, 0.15) is 5.75 Å². The summed E-state index contributed by atoms with van der Waals surface area (Å²) in [7, 11) is 1.41. The molecular weight excluding hydrogens is 392 g/mol. The third kappa shape index (κ3) is 5.49. The van der Waals surface area contributed by atoms with Crippen molar-refractivity contribution in [2.45, 2.75) is 9.79 Å². The zero-order valence-electron chi connectivity index (χ0n) is 15.5. The molecule has 29 heavy (non-hydrogen) atoms. The number of hydrogen-bond acceptors (Lipinski definition) is 6. The lowest BCUT2D eigenvalue weighted by molar-refractivity contribution is -0.385. The number of nitrogens with zero attached hydrogens (tertiary/aromatic N) is 1. The SMILES string of the molecule is COc1ccc(OCC(=O)Nc2ccccc2Sc2ccccc2)c([N+](=O)[O-])c1. The number of benzene rings is 3. The van der Waals surface area contributed by atoms with Gasteiger partial charge in [0.25, 0.3) is 5.91 Å². The molecule has 0 radical (unpaired) electrons. The number of carbonyl (C=O) groups is 1. The Balaban J connectivity index is 1.67. The van der Waals surface area contributed by atoms with Crippen LogP contribution in [0.4, 0.5) is 11.4 Å². The predicted octanol–water partition coefficient (Wildman–Crippen LogP) is 4.77. The molecule has 1 N–H and O–H groups in total. The summed E-state index contributed by atoms with van der Waals surface area (Å²) in [6.45, 7) is -0.364. The van der Waals surface area contributed by atoms with Gasteiger partial charge in [-0.2, -0.15) is 0 Å². The average molecular weight is 410 g/mol. The van der Waals surface area contributed by atoms with Crippen molar-refractivity contribution in [3.05, 3.63) is 82.9 Å². The number of nitro benzene ring substituents is 1. The zero-order chi connectivity index (χ0) is 20.6. The Morgan fingerprint density at radius 1 is 1.07 bits per heavy atom. The van der Waals surface area contributed by atoms with E-state index in [1.165, 1.54) is 37.1 Å². The molecule has 0 aliphatic rings. The molecule has 0 unspecified atom stereocenters. The lowest BCUT2D eigenvalue weighted by Crippen LogP contribution is -2.20. The molecule has 8 heteroatoms. The number of hydrogen-bond donors (Lipinski definition) is 1. The van der Waals surface area contributed by atoms with E-state index in [1.54, 1.807) is 6.07 Å². The van der Waals surface area contributed by atoms with E-state index in [-0.39, 0.29) is 18.0 Å². The summed E-state index contributed by atoms with van der Waals surface area (Å²) in [6, 6.07) is 21.4. The predicted molar refractivity (Wildman–Crippen MR) is 111 cm³/mol. The van der Waals surface area contributed by atoms with Gasteiger partial charge in [-0.1, -0.05) is 42.1 Å². The van der Waals surface area contributed by atoms with E-state index in [4.69, 9.17) is 9.47 Å². The Morgan fingerprint density at radius 3 is 2.52 bits per heavy atom. The fourth-order valence-corrected chi connectivity index (χ4v) is 3.42. The third-order valence-corrected chi connectivity index (χ3v) is 4.94. The normalized spacial score (nSPS) is 10.2. The Bertz CT molecular complexity index is 1010. The van der Waals surface area contributed by atoms with E-state index in [1.807, 2.05) is 48.5 Å². The first-order valence-electron chi connectivity index (χ1n) is 8.64. The van der Waals surface area contributed by atoms with Crippen LogP contribution in [-0.4, -0.2) is 24.5 Å². The highest BCUT2D eigenvalue weighted by atomic mass is 32.2. The van der Waals surface area contributed by atoms with Crippen LogP contribution in [0, 0.1) is 10.1 Å². The van der Waals surface area contributed by atoms with E-state index < -0.39 is 10.8 Å². The molecule has 0 saturated heterocycles. The summed E-state index contributed by atoms with van der Waals surface area (Å²) in [5.41, 5.74) is 0.372. The molecule has 0 saturated carbocycles. The van der Waals surface area contributed by atoms with Crippen LogP contribution in [0.1, 0.15) is 0 Å². The van der Waals surface area contributed by atoms with Crippen molar-refractivity contribution < 1.29 is 19.2 Å². The maximum absolute atomic E-state index is 12.4. The fourth-order valence-electron chi connectivity index (χ4n) is 2.49. The molecule has 0 bridgehead atoms. The highest BCUT2D eigenvalue weighted by molar-refractivity contribution is 7.99. The molecule has 0 fully saturated rings. The zero-order valence-corrected chi connectivity index (χ0v) is 16.3. The van der Waals surface area contributed by atoms with Crippen LogP contribution >= 0.6 is 11.8 Å². The third-order valence-electron chi connectivity index (χ3n) is 3.85. The van der Waals surface area contributed by atoms with Crippen LogP contribution in [0.25, 0.3) is 0 Å². The van der Waals surface area contributed by atoms with Crippen LogP contribution in [0.2, 0.25) is 0 Å². The summed E-state index contributed by atoms with van der Waals surface area (Å²) < 4.78 is 10.4. The fraction of sp³-hybridized carbons (Fsp3) is 0.0952. The quantitative estimate of drug-likeness (QED) is 0.425. The molecular formula is C21H18N2O5S. The lowest BCUT2D eigenvalue weighted by Gasteiger charge is -2.12. The topological polar surface area (TPSA) is 90.7 Å². The largest absolute Gasteiger partial charge is 0.496 e. The summed E-state index contributed by atoms with van der Waals surface area (Å²) in [4.78, 5) is 24.9. The van der Waals surface area contributed by atoms with E-state index in [0.29, 0.717) is 11.4 Å². The molecule has 0 aliphatic carbocycles. The van der Waals surface area contributed by atoms with Crippen LogP contribution in [-0.2, 0) is 4.79 Å². The first-order valence-corrected chi connectivity index (χ1v) is 9.45. The number of ether oxygens (including phenoxy) is 2. The Labute approximate surface area is 171 Å². The molecule has 1 amide bonds. The van der Waals surface area contributed by atoms with Crippen LogP contribution < -0.4 is 14.8 Å². The summed E-state index contributed by atoms with van der Waals surface area (Å²) in [5.74, 6) is -0.0884. The van der Waals surface area contributed by atoms with Crippen LogP contribution in [0.5, 0.6) is 11.5 Å². The smallest absolute Gasteiger partial charge is 0.314 e. The van der Waals surface area contributed by atoms with Crippen molar-refractivity contribution in [1.82, 2.24) is 0 Å². The molecule has 7 nitrogen and oxygen atoms in total. The van der Waals surface area contributed by atoms with Gasteiger partial charge in [-0.05, 0) is 36.4 Å². The van der Waals surface area contributed by atoms with Gasteiger partial charge in [-0.3, -0.25) is 14.9 Å². The van der Waals surface area contributed by atoms with E-state index in [9.17, 15) is 14.9 Å². The molecule has 0 spiro atoms. The molecule has 3 rings (SSSR count). The number of nitro groups is 1. The summed E-state index contributed by atoms with van der Waals surface area (Å²) in [5, 5.41) is 14.0. The van der Waals surface area contributed by atoms with Gasteiger partial charge in [0.15, 0.2) is 12.4 Å². The average Bonchev–Trinajstić information content (AvgIpc) is 2.74. The maximum atomic E-state index is 12.4. The van der Waals surface area contributed by atoms with Crippen molar-refractivity contribution in [3.63, 3.8) is 0 Å². The number of methoxy groups -OCH3 is 1. The van der Waals surface area contributed by atoms with Crippen molar-refractivity contribution >= 4 is 29.0 Å². The molecule has 0 heterocycles. The molecule has 3 aromatic carbocycles. The van der Waals surface area contributed by atoms with E-state index >= 15 is 0 Å². The second-order valence-corrected chi connectivity index (χ2v) is 6.95. The van der Waals surface area contributed by atoms with Crippen molar-refractivity contribution in [2.24, 2.45) is 0 Å². The number of amides is 1. The molecule has 0 atom stereocenters. The minimum Gasteiger partial charge on any atom is -0.496 e. The summed E-state index contributed by atoms with van der Waals surface area (Å²) >= 11 is 1.52. The Kier molecular flexibility index (Phi) is 6.70. The van der Waals surface area contributed by atoms with Crippen LogP contribution in [0.15, 0.2) is 82.6 Å². The molecule has 3 aromatic rings. The van der Waals surface area contributed by atoms with Crippen molar-refractivity contribution in [2.75, 3.05) is 19.0 Å². The van der Waals surface area contributed by atoms with Gasteiger partial charge in [0, 0.05) is 9.79 Å². The van der Waals surface area contributed by atoms with Gasteiger partial charge < -0.3 is 14.8 Å². The highest BCUT2D eigenvalue weighted by Gasteiger charge is 2.18. The van der Waals surface area contributed by atoms with Gasteiger partial charge in [0.05, 0.1) is 23.8 Å². The second kappa shape index (κ2) is 9.61. The number of nitrogens with one attached hydrogen (secondary N) is 1. The van der Waals surface area contributed by atoms with Crippen molar-refractivity contribution in [1.29, 1.82) is 0 Å². The molecule has 148 valence electrons. The summed E-state index contributed by atoms with van der Waals surface area (Å²) in [6.07, 6.45) is 0. The minimum atomic E-state index is -0.582. The highest BCUT2D eigenvalue weighted by Crippen LogP contribution is 2.33. The molecule has 0 aromatic heterocycles. The first kappa shape index (κ1) is 20.2. The number of rotatable bonds is 8. The van der Waals surface area contributed by atoms with Crippen molar-refractivity contribution in [3.8, 4) is 11.5 Å². The van der Waals surface area contributed by atoms with Gasteiger partial charge >= 0.3 is 5.69 Å². The second-order valence-electron chi connectivity index (χ2n) is 5.84. The number of para-hydroxylation sites is 1. The number of anilines is 1.